The quantitative estimate of drug-likeness (QED) is 0.769. The van der Waals surface area contributed by atoms with Gasteiger partial charge in [-0.25, -0.2) is 0 Å². The van der Waals surface area contributed by atoms with Crippen LogP contribution >= 0.6 is 24.8 Å². The standard InChI is InChI=1S/C14H17F3N2.2ClH/c1-2-6-18-7-9-19(10-8-18)13-5-3-4-12(11-13)14(15,16)17;;/h2-5,11H,1,6-10H2;2*1H. The van der Waals surface area contributed by atoms with E-state index in [0.29, 0.717) is 5.69 Å². The molecule has 0 N–H and O–H groups in total. The summed E-state index contributed by atoms with van der Waals surface area (Å²) in [5, 5.41) is 0. The molecule has 1 fully saturated rings. The van der Waals surface area contributed by atoms with Crippen molar-refractivity contribution in [3.05, 3.63) is 42.5 Å². The van der Waals surface area contributed by atoms with Crippen LogP contribution in [0, 0.1) is 0 Å². The molecule has 1 saturated heterocycles. The highest BCUT2D eigenvalue weighted by Gasteiger charge is 2.31. The molecule has 2 rings (SSSR count). The molecule has 0 spiro atoms. The highest BCUT2D eigenvalue weighted by Crippen LogP contribution is 2.31. The van der Waals surface area contributed by atoms with Gasteiger partial charge in [0.2, 0.25) is 0 Å². The number of benzene rings is 1. The fourth-order valence-electron chi connectivity index (χ4n) is 2.25. The minimum absolute atomic E-state index is 0. The molecule has 2 nitrogen and oxygen atoms in total. The molecule has 0 saturated carbocycles. The topological polar surface area (TPSA) is 6.48 Å². The van der Waals surface area contributed by atoms with E-state index in [-0.39, 0.29) is 24.8 Å². The number of hydrogen-bond acceptors (Lipinski definition) is 2. The Hall–Kier alpha value is -0.910. The first-order valence-corrected chi connectivity index (χ1v) is 6.26. The predicted octanol–water partition coefficient (Wildman–Crippen LogP) is 3.86. The van der Waals surface area contributed by atoms with Crippen LogP contribution in [0.25, 0.3) is 0 Å². The third-order valence-corrected chi connectivity index (χ3v) is 3.30. The van der Waals surface area contributed by atoms with Gasteiger partial charge in [-0.2, -0.15) is 13.2 Å². The van der Waals surface area contributed by atoms with Crippen molar-refractivity contribution in [3.8, 4) is 0 Å². The van der Waals surface area contributed by atoms with E-state index in [4.69, 9.17) is 0 Å². The Labute approximate surface area is 135 Å². The van der Waals surface area contributed by atoms with Gasteiger partial charge in [0.1, 0.15) is 0 Å². The molecule has 1 aliphatic heterocycles. The van der Waals surface area contributed by atoms with E-state index in [1.165, 1.54) is 12.1 Å². The fourth-order valence-corrected chi connectivity index (χ4v) is 2.25. The van der Waals surface area contributed by atoms with Gasteiger partial charge in [0, 0.05) is 38.4 Å². The van der Waals surface area contributed by atoms with E-state index in [1.807, 2.05) is 11.0 Å². The first-order valence-electron chi connectivity index (χ1n) is 6.26. The molecular formula is C14H19Cl2F3N2. The molecule has 0 unspecified atom stereocenters. The van der Waals surface area contributed by atoms with Crippen LogP contribution in [0.3, 0.4) is 0 Å². The summed E-state index contributed by atoms with van der Waals surface area (Å²) in [6.45, 7) is 7.71. The Morgan fingerprint density at radius 3 is 2.24 bits per heavy atom. The molecule has 21 heavy (non-hydrogen) atoms. The smallest absolute Gasteiger partial charge is 0.369 e. The molecular weight excluding hydrogens is 324 g/mol. The SMILES string of the molecule is C=CCN1CCN(c2cccc(C(F)(F)F)c2)CC1.Cl.Cl. The largest absolute Gasteiger partial charge is 0.416 e. The molecule has 0 amide bonds. The Morgan fingerprint density at radius 1 is 1.10 bits per heavy atom. The van der Waals surface area contributed by atoms with Crippen molar-refractivity contribution in [2.24, 2.45) is 0 Å². The van der Waals surface area contributed by atoms with E-state index in [9.17, 15) is 13.2 Å². The first-order chi connectivity index (χ1) is 9.00. The van der Waals surface area contributed by atoms with Gasteiger partial charge in [-0.1, -0.05) is 12.1 Å². The van der Waals surface area contributed by atoms with Crippen LogP contribution in [0.4, 0.5) is 18.9 Å². The molecule has 1 heterocycles. The van der Waals surface area contributed by atoms with Gasteiger partial charge >= 0.3 is 6.18 Å². The lowest BCUT2D eigenvalue weighted by Gasteiger charge is -2.35. The van der Waals surface area contributed by atoms with Crippen LogP contribution in [0.15, 0.2) is 36.9 Å². The van der Waals surface area contributed by atoms with Gasteiger partial charge in [0.05, 0.1) is 5.56 Å². The molecule has 0 atom stereocenters. The number of halogens is 5. The number of anilines is 1. The lowest BCUT2D eigenvalue weighted by atomic mass is 10.1. The Morgan fingerprint density at radius 2 is 1.71 bits per heavy atom. The van der Waals surface area contributed by atoms with Gasteiger partial charge in [-0.3, -0.25) is 4.90 Å². The van der Waals surface area contributed by atoms with Gasteiger partial charge in [0.15, 0.2) is 0 Å². The molecule has 7 heteroatoms. The summed E-state index contributed by atoms with van der Waals surface area (Å²) >= 11 is 0. The Balaban J connectivity index is 0.00000200. The van der Waals surface area contributed by atoms with Gasteiger partial charge < -0.3 is 4.90 Å². The average molecular weight is 343 g/mol. The van der Waals surface area contributed by atoms with Crippen molar-refractivity contribution < 1.29 is 13.2 Å². The van der Waals surface area contributed by atoms with Crippen molar-refractivity contribution in [2.75, 3.05) is 37.6 Å². The van der Waals surface area contributed by atoms with Crippen LogP contribution in [0.5, 0.6) is 0 Å². The number of nitrogens with zero attached hydrogens (tertiary/aromatic N) is 2. The Kier molecular flexibility index (Phi) is 8.14. The molecule has 0 aliphatic carbocycles. The highest BCUT2D eigenvalue weighted by atomic mass is 35.5. The monoisotopic (exact) mass is 342 g/mol. The molecule has 1 aromatic rings. The third-order valence-electron chi connectivity index (χ3n) is 3.30. The van der Waals surface area contributed by atoms with Crippen LogP contribution in [-0.2, 0) is 6.18 Å². The summed E-state index contributed by atoms with van der Waals surface area (Å²) in [7, 11) is 0. The zero-order valence-corrected chi connectivity index (χ0v) is 13.1. The van der Waals surface area contributed by atoms with Crippen LogP contribution < -0.4 is 4.90 Å². The normalized spacial score (nSPS) is 15.9. The van der Waals surface area contributed by atoms with E-state index in [0.717, 1.165) is 38.8 Å². The van der Waals surface area contributed by atoms with Crippen molar-refractivity contribution in [1.29, 1.82) is 0 Å². The summed E-state index contributed by atoms with van der Waals surface area (Å²) in [6, 6.07) is 5.54. The van der Waals surface area contributed by atoms with Crippen LogP contribution in [0.2, 0.25) is 0 Å². The first kappa shape index (κ1) is 20.1. The molecule has 120 valence electrons. The van der Waals surface area contributed by atoms with E-state index < -0.39 is 11.7 Å². The second kappa shape index (κ2) is 8.51. The number of piperazine rings is 1. The maximum atomic E-state index is 12.7. The molecule has 0 bridgehead atoms. The lowest BCUT2D eigenvalue weighted by molar-refractivity contribution is -0.137. The summed E-state index contributed by atoms with van der Waals surface area (Å²) in [5.74, 6) is 0. The third kappa shape index (κ3) is 5.41. The predicted molar refractivity (Wildman–Crippen MR) is 84.8 cm³/mol. The summed E-state index contributed by atoms with van der Waals surface area (Å²) < 4.78 is 38.0. The minimum atomic E-state index is -4.28. The number of alkyl halides is 3. The molecule has 1 aliphatic rings. The number of hydrogen-bond donors (Lipinski definition) is 0. The van der Waals surface area contributed by atoms with Gasteiger partial charge in [-0.15, -0.1) is 31.4 Å². The maximum absolute atomic E-state index is 12.7. The van der Waals surface area contributed by atoms with Crippen molar-refractivity contribution in [3.63, 3.8) is 0 Å². The van der Waals surface area contributed by atoms with E-state index >= 15 is 0 Å². The molecule has 0 radical (unpaired) electrons. The molecule has 1 aromatic carbocycles. The molecule has 0 aromatic heterocycles. The van der Waals surface area contributed by atoms with Crippen LogP contribution in [-0.4, -0.2) is 37.6 Å². The minimum Gasteiger partial charge on any atom is -0.369 e. The fraction of sp³-hybridized carbons (Fsp3) is 0.429. The van der Waals surface area contributed by atoms with Crippen molar-refractivity contribution in [1.82, 2.24) is 4.90 Å². The van der Waals surface area contributed by atoms with Crippen molar-refractivity contribution >= 4 is 30.5 Å². The summed E-state index contributed by atoms with van der Waals surface area (Å²) in [6.07, 6.45) is -2.43. The van der Waals surface area contributed by atoms with E-state index in [1.54, 1.807) is 6.07 Å². The zero-order chi connectivity index (χ0) is 13.9. The second-order valence-electron chi connectivity index (χ2n) is 4.62. The van der Waals surface area contributed by atoms with Gasteiger partial charge in [-0.05, 0) is 18.2 Å². The summed E-state index contributed by atoms with van der Waals surface area (Å²) in [4.78, 5) is 4.23. The maximum Gasteiger partial charge on any atom is 0.416 e. The number of rotatable bonds is 3. The summed E-state index contributed by atoms with van der Waals surface area (Å²) in [5.41, 5.74) is 0.0617. The average Bonchev–Trinajstić information content (AvgIpc) is 2.39. The van der Waals surface area contributed by atoms with E-state index in [2.05, 4.69) is 11.5 Å². The highest BCUT2D eigenvalue weighted by molar-refractivity contribution is 5.85. The van der Waals surface area contributed by atoms with Crippen molar-refractivity contribution in [2.45, 2.75) is 6.18 Å². The lowest BCUT2D eigenvalue weighted by Crippen LogP contribution is -2.46. The van der Waals surface area contributed by atoms with Gasteiger partial charge in [0.25, 0.3) is 0 Å². The van der Waals surface area contributed by atoms with Crippen LogP contribution in [0.1, 0.15) is 5.56 Å². The zero-order valence-electron chi connectivity index (χ0n) is 11.5. The Bertz CT molecular complexity index is 444. The second-order valence-corrected chi connectivity index (χ2v) is 4.62.